The van der Waals surface area contributed by atoms with Crippen LogP contribution in [0.3, 0.4) is 0 Å². The number of carbonyl (C=O) groups is 9. The van der Waals surface area contributed by atoms with Crippen LogP contribution in [0.5, 0.6) is 0 Å². The van der Waals surface area contributed by atoms with Crippen molar-refractivity contribution in [2.75, 3.05) is 11.5 Å². The lowest BCUT2D eigenvalue weighted by Crippen LogP contribution is -2.62. The number of carbonyl (C=O) groups excluding carboxylic acids is 9. The van der Waals surface area contributed by atoms with Gasteiger partial charge in [0, 0.05) is 54.8 Å². The topological polar surface area (TPSA) is 340 Å². The Hall–Kier alpha value is -5.35. The molecule has 0 spiro atoms. The molecular weight excluding hydrogens is 761 g/mol. The van der Waals surface area contributed by atoms with Gasteiger partial charge < -0.3 is 59.2 Å². The number of amides is 9. The number of nitrogens with two attached hydrogens (primary N) is 3. The Balaban J connectivity index is 2.45. The first kappa shape index (κ1) is 45.8. The molecule has 22 heteroatoms. The van der Waals surface area contributed by atoms with Crippen LogP contribution in [0.15, 0.2) is 30.5 Å². The smallest absolute Gasteiger partial charge is 0.245 e. The number of primary amides is 3. The van der Waals surface area contributed by atoms with Crippen molar-refractivity contribution in [3.63, 3.8) is 0 Å². The van der Waals surface area contributed by atoms with Crippen molar-refractivity contribution < 1.29 is 48.3 Å². The van der Waals surface area contributed by atoms with E-state index < -0.39 is 95.5 Å². The van der Waals surface area contributed by atoms with Gasteiger partial charge in [0.15, 0.2) is 0 Å². The molecule has 0 radical (unpaired) electrons. The second-order valence-corrected chi connectivity index (χ2v) is 13.3. The molecule has 7 atom stereocenters. The predicted octanol–water partition coefficient (Wildman–Crippen LogP) is -4.10. The van der Waals surface area contributed by atoms with E-state index in [1.54, 1.807) is 30.5 Å². The average molecular weight is 809 g/mol. The third kappa shape index (κ3) is 14.8. The molecule has 0 saturated heterocycles. The van der Waals surface area contributed by atoms with E-state index in [1.165, 1.54) is 6.92 Å². The molecule has 1 aromatic heterocycles. The van der Waals surface area contributed by atoms with Crippen molar-refractivity contribution in [1.29, 1.82) is 0 Å². The van der Waals surface area contributed by atoms with Gasteiger partial charge in [-0.3, -0.25) is 43.2 Å². The average Bonchev–Trinajstić information content (AvgIpc) is 3.53. The summed E-state index contributed by atoms with van der Waals surface area (Å²) in [6.07, 6.45) is -1.57. The van der Waals surface area contributed by atoms with Gasteiger partial charge in [0.2, 0.25) is 53.2 Å². The fraction of sp³-hybridized carbons (Fsp3) is 0.485. The fourth-order valence-corrected chi connectivity index (χ4v) is 5.75. The van der Waals surface area contributed by atoms with Gasteiger partial charge in [0.1, 0.15) is 36.3 Å². The second-order valence-electron chi connectivity index (χ2n) is 12.6. The van der Waals surface area contributed by atoms with Gasteiger partial charge >= 0.3 is 0 Å². The number of para-hydroxylation sites is 1. The van der Waals surface area contributed by atoms with Crippen LogP contribution in [-0.2, 0) is 49.6 Å². The molecule has 14 N–H and O–H groups in total. The van der Waals surface area contributed by atoms with Crippen LogP contribution in [0.25, 0.3) is 10.9 Å². The molecule has 9 amide bonds. The molecular formula is C33H48N10O10S2. The number of hydrogen-bond donors (Lipinski definition) is 13. The minimum atomic E-state index is -1.75. The van der Waals surface area contributed by atoms with Crippen LogP contribution in [0, 0.1) is 0 Å². The highest BCUT2D eigenvalue weighted by molar-refractivity contribution is 7.80. The number of aromatic nitrogens is 1. The van der Waals surface area contributed by atoms with E-state index in [4.69, 9.17) is 17.2 Å². The number of nitrogens with one attached hydrogen (secondary N) is 7. The van der Waals surface area contributed by atoms with E-state index in [9.17, 15) is 48.3 Å². The molecule has 0 aliphatic carbocycles. The number of aliphatic hydroxyl groups excluding tert-OH is 1. The molecule has 55 heavy (non-hydrogen) atoms. The standard InChI is InChI=1S/C33H48N10O10S2/c1-15(44)27(43-30(50)21(8-10-26(35)47)40-32(52)24(14-55)38-16(2)45)33(53)41-22(11-17-12-37-19-6-4-3-5-18(17)19)31(51)39-20(7-9-25(34)46)29(49)42-23(13-54)28(36)48/h3-6,12,15,20-24,27,37,44,54-55H,7-11,13-14H2,1-2H3,(H2,34,46)(H2,35,47)(H2,36,48)(H,38,45)(H,39,51)(H,40,52)(H,41,53)(H,42,49)(H,43,50)/t15-,20+,21+,22+,23+,24+,27+/m1/s1. The van der Waals surface area contributed by atoms with Gasteiger partial charge in [-0.25, -0.2) is 0 Å². The molecule has 2 aromatic rings. The van der Waals surface area contributed by atoms with E-state index in [0.29, 0.717) is 16.5 Å². The van der Waals surface area contributed by atoms with E-state index in [1.807, 2.05) is 0 Å². The van der Waals surface area contributed by atoms with Crippen LogP contribution < -0.4 is 49.1 Å². The van der Waals surface area contributed by atoms with Crippen LogP contribution in [0.1, 0.15) is 45.1 Å². The van der Waals surface area contributed by atoms with Crippen LogP contribution >= 0.6 is 25.3 Å². The molecule has 2 rings (SSSR count). The zero-order valence-electron chi connectivity index (χ0n) is 30.1. The zero-order chi connectivity index (χ0) is 41.4. The van der Waals surface area contributed by atoms with Crippen molar-refractivity contribution in [1.82, 2.24) is 36.9 Å². The zero-order valence-corrected chi connectivity index (χ0v) is 31.9. The molecule has 302 valence electrons. The van der Waals surface area contributed by atoms with Gasteiger partial charge in [0.25, 0.3) is 0 Å². The third-order valence-electron chi connectivity index (χ3n) is 8.14. The maximum Gasteiger partial charge on any atom is 0.245 e. The van der Waals surface area contributed by atoms with Crippen molar-refractivity contribution >= 4 is 89.3 Å². The minimum Gasteiger partial charge on any atom is -0.391 e. The first-order valence-corrected chi connectivity index (χ1v) is 18.2. The van der Waals surface area contributed by atoms with Gasteiger partial charge in [-0.1, -0.05) is 18.2 Å². The summed E-state index contributed by atoms with van der Waals surface area (Å²) in [5.41, 5.74) is 17.1. The molecule has 0 aliphatic rings. The summed E-state index contributed by atoms with van der Waals surface area (Å²) in [6.45, 7) is 2.34. The summed E-state index contributed by atoms with van der Waals surface area (Å²) >= 11 is 8.04. The van der Waals surface area contributed by atoms with Crippen molar-refractivity contribution in [3.05, 3.63) is 36.0 Å². The maximum absolute atomic E-state index is 13.9. The quantitative estimate of drug-likeness (QED) is 0.0481. The molecule has 0 bridgehead atoms. The van der Waals surface area contributed by atoms with Crippen LogP contribution in [0.2, 0.25) is 0 Å². The summed E-state index contributed by atoms with van der Waals surface area (Å²) in [5.74, 6) is -8.19. The van der Waals surface area contributed by atoms with Crippen LogP contribution in [0.4, 0.5) is 0 Å². The van der Waals surface area contributed by atoms with E-state index in [2.05, 4.69) is 62.1 Å². The molecule has 0 fully saturated rings. The Bertz CT molecular complexity index is 1740. The number of H-pyrrole nitrogens is 1. The molecule has 0 aliphatic heterocycles. The lowest BCUT2D eigenvalue weighted by atomic mass is 10.0. The number of aliphatic hydroxyl groups is 1. The third-order valence-corrected chi connectivity index (χ3v) is 8.87. The van der Waals surface area contributed by atoms with E-state index >= 15 is 0 Å². The Kier molecular flexibility index (Phi) is 18.4. The Morgan fingerprint density at radius 1 is 0.673 bits per heavy atom. The number of hydrogen-bond acceptors (Lipinski definition) is 12. The largest absolute Gasteiger partial charge is 0.391 e. The summed E-state index contributed by atoms with van der Waals surface area (Å²) < 4.78 is 0. The van der Waals surface area contributed by atoms with Crippen LogP contribution in [-0.4, -0.2) is 117 Å². The Labute approximate surface area is 326 Å². The summed E-state index contributed by atoms with van der Waals surface area (Å²) in [5, 5.41) is 25.7. The van der Waals surface area contributed by atoms with Crippen molar-refractivity contribution in [2.24, 2.45) is 17.2 Å². The lowest BCUT2D eigenvalue weighted by Gasteiger charge is -2.28. The highest BCUT2D eigenvalue weighted by Crippen LogP contribution is 2.19. The highest BCUT2D eigenvalue weighted by Gasteiger charge is 2.35. The summed E-state index contributed by atoms with van der Waals surface area (Å²) in [7, 11) is 0. The second kappa shape index (κ2) is 22.1. The molecule has 1 aromatic carbocycles. The van der Waals surface area contributed by atoms with Gasteiger partial charge in [0.05, 0.1) is 6.10 Å². The number of fused-ring (bicyclic) bond motifs is 1. The number of rotatable bonds is 23. The first-order chi connectivity index (χ1) is 25.9. The molecule has 0 unspecified atom stereocenters. The number of thiol groups is 2. The molecule has 0 saturated carbocycles. The minimum absolute atomic E-state index is 0.153. The predicted molar refractivity (Wildman–Crippen MR) is 205 cm³/mol. The summed E-state index contributed by atoms with van der Waals surface area (Å²) in [6, 6.07) is -1.54. The SMILES string of the molecule is CC(=O)N[C@@H](CS)C(=O)N[C@@H](CCC(N)=O)C(=O)N[C@H](C(=O)N[C@@H](Cc1c[nH]c2ccccc12)C(=O)N[C@@H](CCC(N)=O)C(=O)N[C@@H](CS)C(N)=O)[C@@H](C)O. The highest BCUT2D eigenvalue weighted by atomic mass is 32.1. The number of benzene rings is 1. The monoisotopic (exact) mass is 808 g/mol. The maximum atomic E-state index is 13.9. The summed E-state index contributed by atoms with van der Waals surface area (Å²) in [4.78, 5) is 117. The lowest BCUT2D eigenvalue weighted by molar-refractivity contribution is -0.137. The van der Waals surface area contributed by atoms with E-state index in [0.717, 1.165) is 6.92 Å². The van der Waals surface area contributed by atoms with Gasteiger partial charge in [-0.15, -0.1) is 0 Å². The first-order valence-electron chi connectivity index (χ1n) is 17.0. The number of aromatic amines is 1. The molecule has 20 nitrogen and oxygen atoms in total. The Morgan fingerprint density at radius 2 is 1.15 bits per heavy atom. The fourth-order valence-electron chi connectivity index (χ4n) is 5.22. The van der Waals surface area contributed by atoms with E-state index in [-0.39, 0.29) is 43.6 Å². The van der Waals surface area contributed by atoms with Crippen molar-refractivity contribution in [2.45, 2.75) is 88.3 Å². The van der Waals surface area contributed by atoms with Crippen molar-refractivity contribution in [3.8, 4) is 0 Å². The molecule has 1 heterocycles. The Morgan fingerprint density at radius 3 is 1.64 bits per heavy atom. The van der Waals surface area contributed by atoms with Gasteiger partial charge in [-0.2, -0.15) is 25.3 Å². The van der Waals surface area contributed by atoms with Gasteiger partial charge in [-0.05, 0) is 31.4 Å². The normalized spacial score (nSPS) is 14.8.